The lowest BCUT2D eigenvalue weighted by atomic mass is 10.1. The lowest BCUT2D eigenvalue weighted by Crippen LogP contribution is -2.21. The first kappa shape index (κ1) is 16.7. The number of para-hydroxylation sites is 1. The van der Waals surface area contributed by atoms with E-state index in [1.807, 2.05) is 42.5 Å². The molecular formula is C21H15N3O3. The van der Waals surface area contributed by atoms with Crippen LogP contribution in [0.25, 0.3) is 21.8 Å². The molecule has 3 aromatic carbocycles. The smallest absolute Gasteiger partial charge is 0.340 e. The van der Waals surface area contributed by atoms with Gasteiger partial charge in [0.1, 0.15) is 5.52 Å². The highest BCUT2D eigenvalue weighted by atomic mass is 16.5. The van der Waals surface area contributed by atoms with Gasteiger partial charge in [-0.05, 0) is 23.6 Å². The second kappa shape index (κ2) is 7.21. The topological polar surface area (TPSA) is 81.2 Å². The van der Waals surface area contributed by atoms with Gasteiger partial charge in [-0.25, -0.2) is 4.79 Å². The summed E-state index contributed by atoms with van der Waals surface area (Å²) < 4.78 is 5.16. The van der Waals surface area contributed by atoms with E-state index in [0.29, 0.717) is 16.7 Å². The molecule has 1 aromatic heterocycles. The molecule has 0 radical (unpaired) electrons. The van der Waals surface area contributed by atoms with Crippen molar-refractivity contribution in [3.8, 4) is 0 Å². The van der Waals surface area contributed by atoms with Crippen LogP contribution in [-0.4, -0.2) is 28.5 Å². The second-order valence-corrected chi connectivity index (χ2v) is 5.88. The minimum absolute atomic E-state index is 0.276. The first-order chi connectivity index (χ1) is 13.2. The predicted molar refractivity (Wildman–Crippen MR) is 102 cm³/mol. The van der Waals surface area contributed by atoms with Gasteiger partial charge in [-0.2, -0.15) is 0 Å². The van der Waals surface area contributed by atoms with Gasteiger partial charge < -0.3 is 10.1 Å². The van der Waals surface area contributed by atoms with E-state index in [4.69, 9.17) is 4.74 Å². The number of carbonyl (C=O) groups excluding carboxylic acids is 2. The zero-order valence-corrected chi connectivity index (χ0v) is 14.3. The molecule has 4 rings (SSSR count). The Morgan fingerprint density at radius 1 is 0.889 bits per heavy atom. The van der Waals surface area contributed by atoms with Crippen molar-refractivity contribution in [3.05, 3.63) is 78.6 Å². The molecule has 6 nitrogen and oxygen atoms in total. The Morgan fingerprint density at radius 3 is 2.59 bits per heavy atom. The van der Waals surface area contributed by atoms with Gasteiger partial charge in [-0.3, -0.25) is 14.8 Å². The molecule has 1 amide bonds. The summed E-state index contributed by atoms with van der Waals surface area (Å²) in [4.78, 5) is 32.9. The standard InChI is InChI=1S/C21H15N3O3/c25-19(24-17-9-3-6-14-5-1-2-7-15(14)17)13-27-21(26)16-8-4-10-18-20(16)23-12-11-22-18/h1-12H,13H2,(H,24,25). The van der Waals surface area contributed by atoms with Gasteiger partial charge in [0.15, 0.2) is 6.61 Å². The Kier molecular flexibility index (Phi) is 4.45. The summed E-state index contributed by atoms with van der Waals surface area (Å²) in [5.41, 5.74) is 1.98. The summed E-state index contributed by atoms with van der Waals surface area (Å²) in [7, 11) is 0. The number of nitrogens with zero attached hydrogens (tertiary/aromatic N) is 2. The quantitative estimate of drug-likeness (QED) is 0.565. The molecule has 0 unspecified atom stereocenters. The molecule has 0 atom stereocenters. The highest BCUT2D eigenvalue weighted by Gasteiger charge is 2.15. The van der Waals surface area contributed by atoms with Gasteiger partial charge in [-0.1, -0.05) is 42.5 Å². The maximum atomic E-state index is 12.4. The molecule has 0 saturated carbocycles. The number of carbonyl (C=O) groups is 2. The number of hydrogen-bond donors (Lipinski definition) is 1. The van der Waals surface area contributed by atoms with Crippen LogP contribution in [0, 0.1) is 0 Å². The lowest BCUT2D eigenvalue weighted by Gasteiger charge is -2.10. The first-order valence-electron chi connectivity index (χ1n) is 8.37. The predicted octanol–water partition coefficient (Wildman–Crippen LogP) is 3.58. The van der Waals surface area contributed by atoms with Crippen molar-refractivity contribution in [2.75, 3.05) is 11.9 Å². The molecule has 0 saturated heterocycles. The Morgan fingerprint density at radius 2 is 1.67 bits per heavy atom. The van der Waals surface area contributed by atoms with Gasteiger partial charge in [0.25, 0.3) is 5.91 Å². The maximum absolute atomic E-state index is 12.4. The molecule has 0 bridgehead atoms. The van der Waals surface area contributed by atoms with Gasteiger partial charge in [0.05, 0.1) is 11.1 Å². The molecule has 4 aromatic rings. The molecule has 1 N–H and O–H groups in total. The van der Waals surface area contributed by atoms with Crippen LogP contribution in [0.15, 0.2) is 73.1 Å². The third kappa shape index (κ3) is 3.46. The van der Waals surface area contributed by atoms with Crippen LogP contribution in [0.1, 0.15) is 10.4 Å². The van der Waals surface area contributed by atoms with Crippen LogP contribution in [0.2, 0.25) is 0 Å². The molecule has 0 aliphatic heterocycles. The number of nitrogens with one attached hydrogen (secondary N) is 1. The van der Waals surface area contributed by atoms with Crippen molar-refractivity contribution in [2.45, 2.75) is 0 Å². The first-order valence-corrected chi connectivity index (χ1v) is 8.37. The molecule has 0 aliphatic rings. The van der Waals surface area contributed by atoms with Crippen molar-refractivity contribution in [1.82, 2.24) is 9.97 Å². The molecule has 1 heterocycles. The van der Waals surface area contributed by atoms with Crippen LogP contribution in [0.4, 0.5) is 5.69 Å². The van der Waals surface area contributed by atoms with Crippen LogP contribution in [-0.2, 0) is 9.53 Å². The summed E-state index contributed by atoms with van der Waals surface area (Å²) in [6.45, 7) is -0.390. The van der Waals surface area contributed by atoms with E-state index in [-0.39, 0.29) is 5.56 Å². The van der Waals surface area contributed by atoms with E-state index in [9.17, 15) is 9.59 Å². The molecule has 27 heavy (non-hydrogen) atoms. The minimum Gasteiger partial charge on any atom is -0.452 e. The summed E-state index contributed by atoms with van der Waals surface area (Å²) in [5, 5.41) is 4.72. The highest BCUT2D eigenvalue weighted by Crippen LogP contribution is 2.23. The Labute approximate surface area is 154 Å². The number of esters is 1. The van der Waals surface area contributed by atoms with Crippen molar-refractivity contribution >= 4 is 39.4 Å². The zero-order chi connectivity index (χ0) is 18.6. The third-order valence-corrected chi connectivity index (χ3v) is 4.12. The average Bonchev–Trinajstić information content (AvgIpc) is 2.72. The fourth-order valence-corrected chi connectivity index (χ4v) is 2.89. The zero-order valence-electron chi connectivity index (χ0n) is 14.3. The lowest BCUT2D eigenvalue weighted by molar-refractivity contribution is -0.119. The van der Waals surface area contributed by atoms with Crippen molar-refractivity contribution in [1.29, 1.82) is 0 Å². The van der Waals surface area contributed by atoms with Crippen molar-refractivity contribution in [3.63, 3.8) is 0 Å². The molecule has 0 fully saturated rings. The van der Waals surface area contributed by atoms with Crippen molar-refractivity contribution < 1.29 is 14.3 Å². The average molecular weight is 357 g/mol. The number of aromatic nitrogens is 2. The molecule has 0 spiro atoms. The van der Waals surface area contributed by atoms with Gasteiger partial charge in [0, 0.05) is 23.5 Å². The van der Waals surface area contributed by atoms with Crippen LogP contribution in [0.5, 0.6) is 0 Å². The largest absolute Gasteiger partial charge is 0.452 e. The van der Waals surface area contributed by atoms with Crippen LogP contribution in [0.3, 0.4) is 0 Å². The van der Waals surface area contributed by atoms with E-state index in [1.165, 1.54) is 6.20 Å². The van der Waals surface area contributed by atoms with Gasteiger partial charge in [-0.15, -0.1) is 0 Å². The number of amides is 1. The fraction of sp³-hybridized carbons (Fsp3) is 0.0476. The molecule has 132 valence electrons. The number of ether oxygens (including phenoxy) is 1. The molecule has 0 aliphatic carbocycles. The molecular weight excluding hydrogens is 342 g/mol. The monoisotopic (exact) mass is 357 g/mol. The SMILES string of the molecule is O=C(COC(=O)c1cccc2nccnc12)Nc1cccc2ccccc12. The molecule has 6 heteroatoms. The fourth-order valence-electron chi connectivity index (χ4n) is 2.89. The number of anilines is 1. The number of benzene rings is 3. The van der Waals surface area contributed by atoms with E-state index < -0.39 is 18.5 Å². The summed E-state index contributed by atoms with van der Waals surface area (Å²) in [6.07, 6.45) is 3.06. The highest BCUT2D eigenvalue weighted by molar-refractivity contribution is 6.05. The van der Waals surface area contributed by atoms with E-state index in [0.717, 1.165) is 10.8 Å². The Balaban J connectivity index is 1.46. The van der Waals surface area contributed by atoms with Crippen molar-refractivity contribution in [2.24, 2.45) is 0 Å². The summed E-state index contributed by atoms with van der Waals surface area (Å²) >= 11 is 0. The third-order valence-electron chi connectivity index (χ3n) is 4.12. The van der Waals surface area contributed by atoms with Crippen LogP contribution >= 0.6 is 0 Å². The number of hydrogen-bond acceptors (Lipinski definition) is 5. The normalized spacial score (nSPS) is 10.7. The van der Waals surface area contributed by atoms with E-state index in [2.05, 4.69) is 15.3 Å². The Bertz CT molecular complexity index is 1150. The number of rotatable bonds is 4. The van der Waals surface area contributed by atoms with Crippen LogP contribution < -0.4 is 5.32 Å². The summed E-state index contributed by atoms with van der Waals surface area (Å²) in [5.74, 6) is -1.03. The summed E-state index contributed by atoms with van der Waals surface area (Å²) in [6, 6.07) is 18.4. The maximum Gasteiger partial charge on any atom is 0.340 e. The van der Waals surface area contributed by atoms with Gasteiger partial charge in [0.2, 0.25) is 0 Å². The minimum atomic E-state index is -0.617. The van der Waals surface area contributed by atoms with E-state index >= 15 is 0 Å². The van der Waals surface area contributed by atoms with Gasteiger partial charge >= 0.3 is 5.97 Å². The van der Waals surface area contributed by atoms with E-state index in [1.54, 1.807) is 24.4 Å². The Hall–Kier alpha value is -3.80. The number of fused-ring (bicyclic) bond motifs is 2. The second-order valence-electron chi connectivity index (χ2n) is 5.88.